The van der Waals surface area contributed by atoms with E-state index < -0.39 is 10.3 Å². The highest BCUT2D eigenvalue weighted by molar-refractivity contribution is 14.1. The molecule has 12 heteroatoms. The first-order valence-electron chi connectivity index (χ1n) is 10.3. The number of benzene rings is 1. The zero-order valence-corrected chi connectivity index (χ0v) is 20.6. The zero-order valence-electron chi connectivity index (χ0n) is 17.6. The number of nitrogens with one attached hydrogen (secondary N) is 1. The highest BCUT2D eigenvalue weighted by Crippen LogP contribution is 2.29. The highest BCUT2D eigenvalue weighted by Gasteiger charge is 2.28. The predicted octanol–water partition coefficient (Wildman–Crippen LogP) is 2.36. The molecular formula is C21H23IN6O4S. The lowest BCUT2D eigenvalue weighted by atomic mass is 10.1. The van der Waals surface area contributed by atoms with Crippen molar-refractivity contribution in [1.29, 1.82) is 0 Å². The number of rotatable bonds is 9. The van der Waals surface area contributed by atoms with Gasteiger partial charge in [0, 0.05) is 22.0 Å². The van der Waals surface area contributed by atoms with E-state index in [2.05, 4.69) is 49.0 Å². The van der Waals surface area contributed by atoms with E-state index in [9.17, 15) is 13.2 Å². The molecule has 0 saturated heterocycles. The minimum atomic E-state index is -3.95. The maximum absolute atomic E-state index is 13.1. The lowest BCUT2D eigenvalue weighted by Gasteiger charge is -2.15. The van der Waals surface area contributed by atoms with Crippen molar-refractivity contribution in [2.75, 3.05) is 11.9 Å². The number of carbonyl (C=O) groups is 1. The molecule has 0 bridgehead atoms. The quantitative estimate of drug-likeness (QED) is 0.289. The standard InChI is InChI=1S/C21H23IN6O4S/c22-16-3-1-2-14(8-16)11-28-7-6-19(27-28)20(29)18-10-24-13-25-21(18)26-17-5-4-15(9-17)12-32-33(23,30)31/h1-3,6-8,10,13,15,17H,4-5,9,11-12H2,(H2,23,30,31)(H,24,25,26)/t15-,17+/m1/s1. The minimum Gasteiger partial charge on any atom is -0.367 e. The second-order valence-corrected chi connectivity index (χ2v) is 10.4. The molecule has 1 fully saturated rings. The molecule has 33 heavy (non-hydrogen) atoms. The summed E-state index contributed by atoms with van der Waals surface area (Å²) in [6, 6.07) is 9.80. The normalized spacial score (nSPS) is 18.4. The Hall–Kier alpha value is -2.42. The van der Waals surface area contributed by atoms with Gasteiger partial charge in [-0.2, -0.15) is 13.5 Å². The van der Waals surface area contributed by atoms with Crippen molar-refractivity contribution in [2.45, 2.75) is 31.8 Å². The van der Waals surface area contributed by atoms with Gasteiger partial charge in [-0.1, -0.05) is 12.1 Å². The Morgan fingerprint density at radius 3 is 2.94 bits per heavy atom. The summed E-state index contributed by atoms with van der Waals surface area (Å²) in [5.41, 5.74) is 1.74. The molecule has 1 saturated carbocycles. The summed E-state index contributed by atoms with van der Waals surface area (Å²) < 4.78 is 29.6. The molecule has 0 amide bonds. The van der Waals surface area contributed by atoms with Crippen molar-refractivity contribution < 1.29 is 17.4 Å². The van der Waals surface area contributed by atoms with Crippen molar-refractivity contribution in [3.8, 4) is 0 Å². The number of halogens is 1. The largest absolute Gasteiger partial charge is 0.367 e. The summed E-state index contributed by atoms with van der Waals surface area (Å²) in [7, 11) is -3.95. The monoisotopic (exact) mass is 582 g/mol. The Labute approximate surface area is 205 Å². The minimum absolute atomic E-state index is 0.0265. The number of carbonyl (C=O) groups excluding carboxylic acids is 1. The summed E-state index contributed by atoms with van der Waals surface area (Å²) in [4.78, 5) is 21.4. The molecule has 1 aromatic carbocycles. The number of hydrogen-bond acceptors (Lipinski definition) is 8. The van der Waals surface area contributed by atoms with E-state index >= 15 is 0 Å². The Morgan fingerprint density at radius 2 is 2.15 bits per heavy atom. The van der Waals surface area contributed by atoms with E-state index in [1.807, 2.05) is 18.2 Å². The number of nitrogens with two attached hydrogens (primary N) is 1. The Kier molecular flexibility index (Phi) is 7.36. The van der Waals surface area contributed by atoms with E-state index in [0.29, 0.717) is 30.0 Å². The van der Waals surface area contributed by atoms with Gasteiger partial charge < -0.3 is 5.32 Å². The van der Waals surface area contributed by atoms with Crippen LogP contribution in [0.5, 0.6) is 0 Å². The van der Waals surface area contributed by atoms with E-state index in [1.54, 1.807) is 16.9 Å². The molecule has 0 unspecified atom stereocenters. The summed E-state index contributed by atoms with van der Waals surface area (Å²) in [5, 5.41) is 12.6. The lowest BCUT2D eigenvalue weighted by Crippen LogP contribution is -2.22. The number of anilines is 1. The smallest absolute Gasteiger partial charge is 0.333 e. The van der Waals surface area contributed by atoms with Gasteiger partial charge in [0.1, 0.15) is 17.8 Å². The van der Waals surface area contributed by atoms with Gasteiger partial charge in [0.15, 0.2) is 0 Å². The molecule has 1 aliphatic carbocycles. The van der Waals surface area contributed by atoms with Crippen LogP contribution in [0.4, 0.5) is 5.82 Å². The number of aromatic nitrogens is 4. The van der Waals surface area contributed by atoms with E-state index in [1.165, 1.54) is 12.5 Å². The van der Waals surface area contributed by atoms with Crippen LogP contribution in [0.25, 0.3) is 0 Å². The van der Waals surface area contributed by atoms with Gasteiger partial charge in [0.25, 0.3) is 0 Å². The second-order valence-electron chi connectivity index (χ2n) is 7.94. The lowest BCUT2D eigenvalue weighted by molar-refractivity contribution is 0.103. The fourth-order valence-corrected chi connectivity index (χ4v) is 4.87. The molecule has 10 nitrogen and oxygen atoms in total. The Morgan fingerprint density at radius 1 is 1.30 bits per heavy atom. The molecule has 4 rings (SSSR count). The van der Waals surface area contributed by atoms with Gasteiger partial charge in [-0.25, -0.2) is 15.1 Å². The van der Waals surface area contributed by atoms with Crippen LogP contribution in [0.1, 0.15) is 40.9 Å². The van der Waals surface area contributed by atoms with Gasteiger partial charge in [-0.05, 0) is 71.5 Å². The molecule has 0 radical (unpaired) electrons. The van der Waals surface area contributed by atoms with Crippen molar-refractivity contribution in [3.05, 3.63) is 69.4 Å². The Bertz CT molecular complexity index is 1250. The maximum Gasteiger partial charge on any atom is 0.333 e. The van der Waals surface area contributed by atoms with Crippen LogP contribution in [-0.2, 0) is 21.0 Å². The first kappa shape index (κ1) is 23.7. The van der Waals surface area contributed by atoms with Crippen LogP contribution in [0.15, 0.2) is 49.1 Å². The van der Waals surface area contributed by atoms with Gasteiger partial charge in [0.05, 0.1) is 18.7 Å². The van der Waals surface area contributed by atoms with Crippen molar-refractivity contribution in [2.24, 2.45) is 11.1 Å². The first-order valence-corrected chi connectivity index (χ1v) is 12.9. The third-order valence-electron chi connectivity index (χ3n) is 5.41. The van der Waals surface area contributed by atoms with Crippen LogP contribution in [0, 0.1) is 9.49 Å². The van der Waals surface area contributed by atoms with E-state index in [-0.39, 0.29) is 24.3 Å². The molecule has 2 heterocycles. The molecular weight excluding hydrogens is 559 g/mol. The zero-order chi connectivity index (χ0) is 23.4. The predicted molar refractivity (Wildman–Crippen MR) is 130 cm³/mol. The van der Waals surface area contributed by atoms with Crippen LogP contribution >= 0.6 is 22.6 Å². The summed E-state index contributed by atoms with van der Waals surface area (Å²) in [5.74, 6) is 0.213. The average Bonchev–Trinajstić information content (AvgIpc) is 3.41. The SMILES string of the molecule is NS(=O)(=O)OC[C@@H]1CC[C@H](Nc2ncncc2C(=O)c2ccn(Cc3cccc(I)c3)n2)C1. The van der Waals surface area contributed by atoms with Gasteiger partial charge in [-0.15, -0.1) is 0 Å². The van der Waals surface area contributed by atoms with Gasteiger partial charge in [-0.3, -0.25) is 13.7 Å². The second kappa shape index (κ2) is 10.2. The summed E-state index contributed by atoms with van der Waals surface area (Å²) in [6.45, 7) is 0.606. The summed E-state index contributed by atoms with van der Waals surface area (Å²) >= 11 is 2.26. The molecule has 2 atom stereocenters. The number of nitrogens with zero attached hydrogens (tertiary/aromatic N) is 4. The van der Waals surface area contributed by atoms with E-state index in [4.69, 9.17) is 9.32 Å². The van der Waals surface area contributed by atoms with Gasteiger partial charge in [0.2, 0.25) is 5.78 Å². The van der Waals surface area contributed by atoms with Crippen LogP contribution in [0.3, 0.4) is 0 Å². The first-order chi connectivity index (χ1) is 15.8. The van der Waals surface area contributed by atoms with Gasteiger partial charge >= 0.3 is 10.3 Å². The molecule has 0 spiro atoms. The molecule has 2 aromatic heterocycles. The van der Waals surface area contributed by atoms with Crippen LogP contribution in [0.2, 0.25) is 0 Å². The summed E-state index contributed by atoms with van der Waals surface area (Å²) in [6.07, 6.45) is 6.89. The number of hydrogen-bond donors (Lipinski definition) is 2. The molecule has 174 valence electrons. The van der Waals surface area contributed by atoms with Crippen molar-refractivity contribution in [1.82, 2.24) is 19.7 Å². The molecule has 1 aliphatic rings. The van der Waals surface area contributed by atoms with Crippen LogP contribution < -0.4 is 10.5 Å². The Balaban J connectivity index is 1.42. The third-order valence-corrected chi connectivity index (χ3v) is 6.55. The fourth-order valence-electron chi connectivity index (χ4n) is 3.88. The number of ketones is 1. The fraction of sp³-hybridized carbons (Fsp3) is 0.333. The average molecular weight is 582 g/mol. The van der Waals surface area contributed by atoms with E-state index in [0.717, 1.165) is 22.0 Å². The maximum atomic E-state index is 13.1. The van der Waals surface area contributed by atoms with Crippen molar-refractivity contribution >= 4 is 44.5 Å². The molecule has 0 aliphatic heterocycles. The topological polar surface area (TPSA) is 142 Å². The molecule has 3 N–H and O–H groups in total. The highest BCUT2D eigenvalue weighted by atomic mass is 127. The van der Waals surface area contributed by atoms with Crippen LogP contribution in [-0.4, -0.2) is 46.6 Å². The third kappa shape index (κ3) is 6.56. The van der Waals surface area contributed by atoms with Crippen molar-refractivity contribution in [3.63, 3.8) is 0 Å². The molecule has 3 aromatic rings.